The molecule has 6 nitrogen and oxygen atoms in total. The van der Waals surface area contributed by atoms with E-state index in [-0.39, 0.29) is 34.9 Å². The summed E-state index contributed by atoms with van der Waals surface area (Å²) in [5.74, 6) is 2.74. The number of rotatable bonds is 7. The maximum atomic E-state index is 13.1. The molecular weight excluding hydrogens is 394 g/mol. The molecule has 0 aromatic carbocycles. The van der Waals surface area contributed by atoms with Gasteiger partial charge in [0.25, 0.3) is 0 Å². The molecule has 2 saturated heterocycles. The molecule has 0 aromatic rings. The summed E-state index contributed by atoms with van der Waals surface area (Å²) < 4.78 is 0. The lowest BCUT2D eigenvalue weighted by Gasteiger charge is -2.47. The number of carbonyl (C=O) groups is 2. The van der Waals surface area contributed by atoms with Crippen molar-refractivity contribution in [2.45, 2.75) is 83.0 Å². The van der Waals surface area contributed by atoms with Gasteiger partial charge in [-0.05, 0) is 83.3 Å². The van der Waals surface area contributed by atoms with Gasteiger partial charge in [0.15, 0.2) is 0 Å². The minimum Gasteiger partial charge on any atom is -0.352 e. The molecule has 2 rings (SSSR count). The largest absolute Gasteiger partial charge is 0.352 e. The smallest absolute Gasteiger partial charge is 0.242 e. The fourth-order valence-electron chi connectivity index (χ4n) is 4.40. The second-order valence-corrected chi connectivity index (χ2v) is 11.5. The van der Waals surface area contributed by atoms with Crippen molar-refractivity contribution in [2.24, 2.45) is 5.92 Å². The summed E-state index contributed by atoms with van der Waals surface area (Å²) in [7, 11) is 0. The van der Waals surface area contributed by atoms with Crippen molar-refractivity contribution >= 4 is 35.3 Å². The third-order valence-electron chi connectivity index (χ3n) is 5.88. The normalized spacial score (nSPS) is 24.5. The van der Waals surface area contributed by atoms with E-state index in [4.69, 9.17) is 5.21 Å². The number of nitrogens with zero attached hydrogens (tertiary/aromatic N) is 1. The van der Waals surface area contributed by atoms with Crippen LogP contribution >= 0.6 is 23.5 Å². The summed E-state index contributed by atoms with van der Waals surface area (Å²) in [4.78, 5) is 25.9. The monoisotopic (exact) mass is 432 g/mol. The Morgan fingerprint density at radius 3 is 2.29 bits per heavy atom. The summed E-state index contributed by atoms with van der Waals surface area (Å²) in [5.41, 5.74) is -0.749. The highest BCUT2D eigenvalue weighted by molar-refractivity contribution is 7.99. The van der Waals surface area contributed by atoms with Crippen molar-refractivity contribution in [2.75, 3.05) is 23.5 Å². The summed E-state index contributed by atoms with van der Waals surface area (Å²) >= 11 is 3.62. The summed E-state index contributed by atoms with van der Waals surface area (Å²) in [6, 6.07) is -0.248. The number of amides is 2. The van der Waals surface area contributed by atoms with Crippen LogP contribution in [0.25, 0.3) is 0 Å². The van der Waals surface area contributed by atoms with Crippen LogP contribution in [0.1, 0.15) is 59.8 Å². The first-order valence-electron chi connectivity index (χ1n) is 10.3. The number of hydrogen-bond acceptors (Lipinski definition) is 5. The standard InChI is InChI=1S/C20H37N3O3S2/c1-19(2)12-14(13-20(3,4)23(19)26)17(24)22-16(8-9-27-5)18(25)21-15-6-10-28-11-7-15/h14-16,26H,6-13H2,1-5H3,(H,21,25)(H,22,24)/p+1. The Bertz CT molecular complexity index is 533. The van der Waals surface area contributed by atoms with Crippen molar-refractivity contribution in [1.82, 2.24) is 15.7 Å². The molecular formula is C20H38N3O3S2+. The van der Waals surface area contributed by atoms with Gasteiger partial charge in [-0.25, -0.2) is 0 Å². The molecule has 2 amide bonds. The van der Waals surface area contributed by atoms with Gasteiger partial charge in [0.1, 0.15) is 6.04 Å². The molecule has 0 spiro atoms. The topological polar surface area (TPSA) is 84.3 Å². The fourth-order valence-corrected chi connectivity index (χ4v) is 5.98. The highest BCUT2D eigenvalue weighted by atomic mass is 32.2. The maximum absolute atomic E-state index is 13.1. The van der Waals surface area contributed by atoms with Crippen LogP contribution in [-0.2, 0) is 9.59 Å². The molecule has 8 heteroatoms. The van der Waals surface area contributed by atoms with E-state index in [1.165, 1.54) is 0 Å². The zero-order valence-corrected chi connectivity index (χ0v) is 19.6. The van der Waals surface area contributed by atoms with Crippen LogP contribution in [0.4, 0.5) is 0 Å². The Hall–Kier alpha value is -0.440. The Morgan fingerprint density at radius 2 is 1.75 bits per heavy atom. The second kappa shape index (κ2) is 10.0. The van der Waals surface area contributed by atoms with Crippen LogP contribution < -0.4 is 10.6 Å². The van der Waals surface area contributed by atoms with Gasteiger partial charge in [-0.15, -0.1) is 0 Å². The van der Waals surface area contributed by atoms with Gasteiger partial charge in [0, 0.05) is 12.0 Å². The fraction of sp³-hybridized carbons (Fsp3) is 0.900. The van der Waals surface area contributed by atoms with Gasteiger partial charge in [0.05, 0.1) is 11.1 Å². The van der Waals surface area contributed by atoms with Crippen LogP contribution in [0.3, 0.4) is 0 Å². The molecule has 2 aliphatic heterocycles. The number of hydrogen-bond donors (Lipinski definition) is 2. The highest BCUT2D eigenvalue weighted by Gasteiger charge is 2.50. The molecule has 2 heterocycles. The van der Waals surface area contributed by atoms with E-state index in [0.717, 1.165) is 30.1 Å². The lowest BCUT2D eigenvalue weighted by molar-refractivity contribution is -0.249. The molecule has 0 aromatic heterocycles. The second-order valence-electron chi connectivity index (χ2n) is 9.30. The van der Waals surface area contributed by atoms with E-state index in [1.807, 2.05) is 45.7 Å². The third kappa shape index (κ3) is 6.28. The maximum Gasteiger partial charge on any atom is 0.242 e. The Labute approximate surface area is 178 Å². The van der Waals surface area contributed by atoms with Gasteiger partial charge in [-0.3, -0.25) is 9.59 Å². The summed E-state index contributed by atoms with van der Waals surface area (Å²) in [6.45, 7) is 8.06. The van der Waals surface area contributed by atoms with E-state index in [1.54, 1.807) is 16.8 Å². The zero-order chi connectivity index (χ0) is 20.9. The third-order valence-corrected chi connectivity index (χ3v) is 7.58. The minimum atomic E-state index is -0.477. The first kappa shape index (κ1) is 23.8. The van der Waals surface area contributed by atoms with Gasteiger partial charge in [-0.1, -0.05) is 5.06 Å². The molecule has 4 N–H and O–H groups in total. The lowest BCUT2D eigenvalue weighted by Crippen LogP contribution is -2.61. The van der Waals surface area contributed by atoms with Crippen LogP contribution in [0.15, 0.2) is 0 Å². The number of thioether (sulfide) groups is 2. The van der Waals surface area contributed by atoms with Crippen molar-refractivity contribution in [3.63, 3.8) is 0 Å². The molecule has 0 bridgehead atoms. The van der Waals surface area contributed by atoms with E-state index in [9.17, 15) is 9.59 Å². The zero-order valence-electron chi connectivity index (χ0n) is 18.0. The average Bonchev–Trinajstić information content (AvgIpc) is 2.63. The van der Waals surface area contributed by atoms with Gasteiger partial charge < -0.3 is 15.8 Å². The lowest BCUT2D eigenvalue weighted by atomic mass is 9.75. The van der Waals surface area contributed by atoms with Gasteiger partial charge in [0.2, 0.25) is 11.8 Å². The van der Waals surface area contributed by atoms with Gasteiger partial charge >= 0.3 is 0 Å². The molecule has 2 fully saturated rings. The van der Waals surface area contributed by atoms with Crippen LogP contribution in [0.2, 0.25) is 0 Å². The molecule has 0 saturated carbocycles. The highest BCUT2D eigenvalue weighted by Crippen LogP contribution is 2.40. The summed E-state index contributed by atoms with van der Waals surface area (Å²) in [5, 5.41) is 16.2. The number of hydroxylamine groups is 2. The molecule has 2 aliphatic rings. The van der Waals surface area contributed by atoms with Crippen LogP contribution in [0.5, 0.6) is 0 Å². The van der Waals surface area contributed by atoms with Gasteiger partial charge in [-0.2, -0.15) is 23.5 Å². The first-order chi connectivity index (χ1) is 13.1. The molecule has 1 atom stereocenters. The van der Waals surface area contributed by atoms with Crippen LogP contribution in [0, 0.1) is 5.92 Å². The minimum absolute atomic E-state index is 0.0456. The quantitative estimate of drug-likeness (QED) is 0.602. The van der Waals surface area contributed by atoms with E-state index in [0.29, 0.717) is 19.3 Å². The number of piperidine rings is 1. The Kier molecular flexibility index (Phi) is 8.55. The predicted octanol–water partition coefficient (Wildman–Crippen LogP) is 2.14. The molecule has 1 unspecified atom stereocenters. The van der Waals surface area contributed by atoms with Crippen molar-refractivity contribution < 1.29 is 14.8 Å². The van der Waals surface area contributed by atoms with Crippen molar-refractivity contribution in [3.8, 4) is 0 Å². The van der Waals surface area contributed by atoms with Crippen molar-refractivity contribution in [3.05, 3.63) is 0 Å². The number of nitrogens with one attached hydrogen (secondary N) is 2. The van der Waals surface area contributed by atoms with E-state index in [2.05, 4.69) is 10.6 Å². The van der Waals surface area contributed by atoms with E-state index >= 15 is 0 Å². The Morgan fingerprint density at radius 1 is 1.18 bits per heavy atom. The SMILES string of the molecule is CSCCC(NC(=O)C1CC(C)(C)N([OH2+])C(C)(C)C1)C(=O)NC1CCSCC1. The predicted molar refractivity (Wildman–Crippen MR) is 120 cm³/mol. The molecule has 0 aliphatic carbocycles. The number of carbonyl (C=O) groups excluding carboxylic acids is 2. The Balaban J connectivity index is 2.02. The molecule has 162 valence electrons. The van der Waals surface area contributed by atoms with Crippen molar-refractivity contribution in [1.29, 1.82) is 0 Å². The molecule has 28 heavy (non-hydrogen) atoms. The summed E-state index contributed by atoms with van der Waals surface area (Å²) in [6.07, 6.45) is 5.92. The average molecular weight is 433 g/mol. The molecule has 0 radical (unpaired) electrons. The van der Waals surface area contributed by atoms with Crippen LogP contribution in [-0.4, -0.2) is 68.8 Å². The first-order valence-corrected chi connectivity index (χ1v) is 12.8. The van der Waals surface area contributed by atoms with E-state index < -0.39 is 6.04 Å².